The summed E-state index contributed by atoms with van der Waals surface area (Å²) >= 11 is 0. The molecule has 4 aromatic rings. The van der Waals surface area contributed by atoms with Gasteiger partial charge in [-0.25, -0.2) is 22.2 Å². The number of sulfonamides is 1. The van der Waals surface area contributed by atoms with E-state index in [1.807, 2.05) is 12.1 Å². The number of hydrogen-bond donors (Lipinski definition) is 3. The van der Waals surface area contributed by atoms with Gasteiger partial charge in [-0.3, -0.25) is 4.72 Å². The number of nitrogens with zero attached hydrogens (tertiary/aromatic N) is 4. The van der Waals surface area contributed by atoms with Gasteiger partial charge in [0.05, 0.1) is 10.4 Å². The van der Waals surface area contributed by atoms with Gasteiger partial charge < -0.3 is 20.1 Å². The molecule has 0 spiro atoms. The molecule has 1 aliphatic heterocycles. The third-order valence-corrected chi connectivity index (χ3v) is 8.43. The van der Waals surface area contributed by atoms with Crippen LogP contribution in [-0.4, -0.2) is 53.9 Å². The largest absolute Gasteiger partial charge is 0.364 e. The van der Waals surface area contributed by atoms with Crippen molar-refractivity contribution in [2.45, 2.75) is 25.5 Å². The van der Waals surface area contributed by atoms with Gasteiger partial charge in [0.2, 0.25) is 16.0 Å². The molecule has 200 valence electrons. The van der Waals surface area contributed by atoms with Gasteiger partial charge >= 0.3 is 0 Å². The van der Waals surface area contributed by atoms with Crippen LogP contribution in [0, 0.1) is 11.6 Å². The van der Waals surface area contributed by atoms with Crippen molar-refractivity contribution < 1.29 is 17.2 Å². The summed E-state index contributed by atoms with van der Waals surface area (Å²) in [6, 6.07) is 11.2. The van der Waals surface area contributed by atoms with Crippen molar-refractivity contribution in [1.82, 2.24) is 19.9 Å². The van der Waals surface area contributed by atoms with E-state index in [4.69, 9.17) is 0 Å². The lowest BCUT2D eigenvalue weighted by molar-refractivity contribution is 0.538. The molecule has 0 radical (unpaired) electrons. The zero-order valence-corrected chi connectivity index (χ0v) is 22.1. The Morgan fingerprint density at radius 3 is 2.39 bits per heavy atom. The Hall–Kier alpha value is -3.77. The fourth-order valence-electron chi connectivity index (χ4n) is 4.17. The van der Waals surface area contributed by atoms with Crippen molar-refractivity contribution in [3.05, 3.63) is 66.5 Å². The van der Waals surface area contributed by atoms with Crippen LogP contribution in [0.2, 0.25) is 0 Å². The number of fused-ring (bicyclic) bond motifs is 1. The van der Waals surface area contributed by atoms with Crippen LogP contribution in [0.15, 0.2) is 54.9 Å². The molecule has 0 unspecified atom stereocenters. The molecule has 12 heteroatoms. The third-order valence-electron chi connectivity index (χ3n) is 6.32. The molecule has 1 aliphatic rings. The Morgan fingerprint density at radius 1 is 1.00 bits per heavy atom. The third kappa shape index (κ3) is 5.14. The molecule has 5 rings (SSSR count). The molecule has 0 aliphatic carbocycles. The molecular weight excluding hydrogens is 512 g/mol. The highest BCUT2D eigenvalue weighted by Gasteiger charge is 2.29. The molecule has 0 saturated carbocycles. The smallest absolute Gasteiger partial charge is 0.237 e. The monoisotopic (exact) mass is 541 g/mol. The van der Waals surface area contributed by atoms with Crippen molar-refractivity contribution in [2.75, 3.05) is 41.1 Å². The van der Waals surface area contributed by atoms with E-state index in [-0.39, 0.29) is 17.3 Å². The number of rotatable bonds is 6. The van der Waals surface area contributed by atoms with Gasteiger partial charge in [-0.05, 0) is 57.2 Å². The average Bonchev–Trinajstić information content (AvgIpc) is 3.27. The minimum Gasteiger partial charge on any atom is -0.364 e. The zero-order chi connectivity index (χ0) is 27.1. The molecule has 2 aromatic heterocycles. The highest BCUT2D eigenvalue weighted by molar-refractivity contribution is 7.94. The first kappa shape index (κ1) is 25.9. The summed E-state index contributed by atoms with van der Waals surface area (Å²) in [6.45, 7) is 7.25. The predicted molar refractivity (Wildman–Crippen MR) is 146 cm³/mol. The molecule has 0 bridgehead atoms. The normalized spacial score (nSPS) is 14.6. The number of hydrogen-bond acceptors (Lipinski definition) is 7. The highest BCUT2D eigenvalue weighted by Crippen LogP contribution is 2.29. The van der Waals surface area contributed by atoms with Gasteiger partial charge in [0, 0.05) is 55.3 Å². The summed E-state index contributed by atoms with van der Waals surface area (Å²) in [7, 11) is -3.60. The lowest BCUT2D eigenvalue weighted by atomic mass is 10.2. The predicted octanol–water partition coefficient (Wildman–Crippen LogP) is 4.39. The molecule has 1 saturated heterocycles. The first-order valence-electron chi connectivity index (χ1n) is 12.2. The highest BCUT2D eigenvalue weighted by atomic mass is 32.2. The molecule has 0 amide bonds. The SMILES string of the molecule is CC(C)(C)S(=O)(=O)Nc1cccc(-n2ccc3cnc(Nc4cc(F)c(N5CCNCC5)c(F)c4)nc32)c1. The first-order chi connectivity index (χ1) is 18.0. The topological polar surface area (TPSA) is 104 Å². The number of benzene rings is 2. The summed E-state index contributed by atoms with van der Waals surface area (Å²) in [6.07, 6.45) is 3.40. The Balaban J connectivity index is 1.43. The van der Waals surface area contributed by atoms with Gasteiger partial charge in [-0.15, -0.1) is 0 Å². The van der Waals surface area contributed by atoms with E-state index in [0.29, 0.717) is 43.2 Å². The molecule has 0 atom stereocenters. The summed E-state index contributed by atoms with van der Waals surface area (Å²) < 4.78 is 58.4. The number of piperazine rings is 1. The fraction of sp³-hybridized carbons (Fsp3) is 0.308. The van der Waals surface area contributed by atoms with Crippen LogP contribution in [0.4, 0.5) is 31.8 Å². The summed E-state index contributed by atoms with van der Waals surface area (Å²) in [5, 5.41) is 6.80. The van der Waals surface area contributed by atoms with Crippen molar-refractivity contribution in [3.8, 4) is 5.69 Å². The van der Waals surface area contributed by atoms with E-state index in [0.717, 1.165) is 5.39 Å². The Morgan fingerprint density at radius 2 is 1.71 bits per heavy atom. The van der Waals surface area contributed by atoms with Gasteiger partial charge in [-0.1, -0.05) is 6.07 Å². The van der Waals surface area contributed by atoms with Gasteiger partial charge in [0.15, 0.2) is 11.6 Å². The standard InChI is InChI=1S/C26H29F2N7O2S/c1-26(2,3)38(36,37)33-18-5-4-6-20(13-18)35-10-7-17-16-30-25(32-24(17)35)31-19-14-21(27)23(22(28)15-19)34-11-8-29-9-12-34/h4-7,10,13-16,29,33H,8-9,11-12H2,1-3H3,(H,30,31,32). The Kier molecular flexibility index (Phi) is 6.70. The summed E-state index contributed by atoms with van der Waals surface area (Å²) in [4.78, 5) is 10.5. The van der Waals surface area contributed by atoms with Crippen molar-refractivity contribution in [1.29, 1.82) is 0 Å². The van der Waals surface area contributed by atoms with E-state index >= 15 is 0 Å². The zero-order valence-electron chi connectivity index (χ0n) is 21.3. The van der Waals surface area contributed by atoms with E-state index < -0.39 is 26.4 Å². The van der Waals surface area contributed by atoms with Crippen LogP contribution >= 0.6 is 0 Å². The molecule has 3 heterocycles. The lowest BCUT2D eigenvalue weighted by Crippen LogP contribution is -2.44. The molecular formula is C26H29F2N7O2S. The summed E-state index contributed by atoms with van der Waals surface area (Å²) in [5.74, 6) is -1.16. The van der Waals surface area contributed by atoms with Crippen molar-refractivity contribution in [2.24, 2.45) is 0 Å². The van der Waals surface area contributed by atoms with Gasteiger partial charge in [0.25, 0.3) is 0 Å². The quantitative estimate of drug-likeness (QED) is 0.333. The summed E-state index contributed by atoms with van der Waals surface area (Å²) in [5.41, 5.74) is 1.79. The second-order valence-corrected chi connectivity index (χ2v) is 12.5. The van der Waals surface area contributed by atoms with Crippen LogP contribution in [0.5, 0.6) is 0 Å². The minimum atomic E-state index is -3.60. The van der Waals surface area contributed by atoms with Crippen LogP contribution in [0.25, 0.3) is 16.7 Å². The second kappa shape index (κ2) is 9.84. The maximum atomic E-state index is 14.9. The molecule has 1 fully saturated rings. The van der Waals surface area contributed by atoms with E-state index in [2.05, 4.69) is 25.3 Å². The van der Waals surface area contributed by atoms with Gasteiger partial charge in [0.1, 0.15) is 11.3 Å². The molecule has 9 nitrogen and oxygen atoms in total. The Bertz CT molecular complexity index is 1570. The number of aromatic nitrogens is 3. The first-order valence-corrected chi connectivity index (χ1v) is 13.7. The van der Waals surface area contributed by atoms with Crippen LogP contribution in [0.3, 0.4) is 0 Å². The molecule has 38 heavy (non-hydrogen) atoms. The van der Waals surface area contributed by atoms with Crippen molar-refractivity contribution >= 4 is 44.1 Å². The number of halogens is 2. The molecule has 3 N–H and O–H groups in total. The number of anilines is 4. The number of nitrogens with one attached hydrogen (secondary N) is 3. The fourth-order valence-corrected chi connectivity index (χ4v) is 4.91. The second-order valence-electron chi connectivity index (χ2n) is 10.1. The van der Waals surface area contributed by atoms with E-state index in [9.17, 15) is 17.2 Å². The molecule has 2 aromatic carbocycles. The average molecular weight is 542 g/mol. The van der Waals surface area contributed by atoms with E-state index in [1.54, 1.807) is 60.8 Å². The van der Waals surface area contributed by atoms with Crippen LogP contribution < -0.4 is 20.3 Å². The minimum absolute atomic E-state index is 0.0377. The van der Waals surface area contributed by atoms with E-state index in [1.165, 1.54) is 12.1 Å². The van der Waals surface area contributed by atoms with Crippen LogP contribution in [0.1, 0.15) is 20.8 Å². The lowest BCUT2D eigenvalue weighted by Gasteiger charge is -2.30. The van der Waals surface area contributed by atoms with Crippen molar-refractivity contribution in [3.63, 3.8) is 0 Å². The maximum absolute atomic E-state index is 14.9. The Labute approximate surface area is 220 Å². The maximum Gasteiger partial charge on any atom is 0.237 e. The van der Waals surface area contributed by atoms with Gasteiger partial charge in [-0.2, -0.15) is 4.98 Å². The van der Waals surface area contributed by atoms with Crippen LogP contribution in [-0.2, 0) is 10.0 Å².